The van der Waals surface area contributed by atoms with Gasteiger partial charge in [0, 0.05) is 39.2 Å². The molecule has 22 heavy (non-hydrogen) atoms. The lowest BCUT2D eigenvalue weighted by molar-refractivity contribution is -0.150. The minimum atomic E-state index is 0.139. The van der Waals surface area contributed by atoms with E-state index < -0.39 is 0 Å². The number of pyridine rings is 1. The first-order valence-corrected chi connectivity index (χ1v) is 7.78. The van der Waals surface area contributed by atoms with Crippen LogP contribution in [0.4, 0.5) is 0 Å². The SMILES string of the molecule is COc1cccc(CN2CC[C@@H]3OCCN(C(C)=O)[C@H]3C2)n1. The van der Waals surface area contributed by atoms with Gasteiger partial charge in [0.1, 0.15) is 0 Å². The molecule has 0 radical (unpaired) electrons. The molecule has 3 heterocycles. The largest absolute Gasteiger partial charge is 0.481 e. The predicted octanol–water partition coefficient (Wildman–Crippen LogP) is 0.912. The zero-order valence-electron chi connectivity index (χ0n) is 13.2. The topological polar surface area (TPSA) is 54.9 Å². The molecule has 1 amide bonds. The monoisotopic (exact) mass is 305 g/mol. The Bertz CT molecular complexity index is 537. The highest BCUT2D eigenvalue weighted by atomic mass is 16.5. The van der Waals surface area contributed by atoms with Gasteiger partial charge in [-0.25, -0.2) is 4.98 Å². The molecular weight excluding hydrogens is 282 g/mol. The summed E-state index contributed by atoms with van der Waals surface area (Å²) in [5.74, 6) is 0.776. The summed E-state index contributed by atoms with van der Waals surface area (Å²) < 4.78 is 11.0. The smallest absolute Gasteiger partial charge is 0.219 e. The fourth-order valence-electron chi connectivity index (χ4n) is 3.36. The van der Waals surface area contributed by atoms with Crippen LogP contribution in [0.2, 0.25) is 0 Å². The van der Waals surface area contributed by atoms with E-state index in [-0.39, 0.29) is 18.1 Å². The number of piperidine rings is 1. The molecule has 2 aliphatic heterocycles. The van der Waals surface area contributed by atoms with E-state index in [1.54, 1.807) is 14.0 Å². The van der Waals surface area contributed by atoms with Gasteiger partial charge in [-0.05, 0) is 12.5 Å². The van der Waals surface area contributed by atoms with Gasteiger partial charge in [0.2, 0.25) is 11.8 Å². The molecule has 0 N–H and O–H groups in total. The Morgan fingerprint density at radius 2 is 2.32 bits per heavy atom. The number of rotatable bonds is 3. The second kappa shape index (κ2) is 6.62. The quantitative estimate of drug-likeness (QED) is 0.831. The molecular formula is C16H23N3O3. The van der Waals surface area contributed by atoms with Gasteiger partial charge in [-0.1, -0.05) is 6.07 Å². The van der Waals surface area contributed by atoms with Crippen molar-refractivity contribution in [3.63, 3.8) is 0 Å². The second-order valence-corrected chi connectivity index (χ2v) is 5.88. The molecule has 0 aliphatic carbocycles. The number of methoxy groups -OCH3 is 1. The third-order valence-electron chi connectivity index (χ3n) is 4.45. The fraction of sp³-hybridized carbons (Fsp3) is 0.625. The summed E-state index contributed by atoms with van der Waals surface area (Å²) in [6.07, 6.45) is 1.13. The third kappa shape index (κ3) is 3.23. The molecule has 2 aliphatic rings. The average Bonchev–Trinajstić information content (AvgIpc) is 2.54. The number of aromatic nitrogens is 1. The maximum absolute atomic E-state index is 11.8. The molecule has 6 heteroatoms. The van der Waals surface area contributed by atoms with E-state index in [1.807, 2.05) is 23.1 Å². The van der Waals surface area contributed by atoms with Crippen LogP contribution in [-0.4, -0.2) is 66.2 Å². The van der Waals surface area contributed by atoms with Crippen LogP contribution < -0.4 is 4.74 Å². The average molecular weight is 305 g/mol. The second-order valence-electron chi connectivity index (χ2n) is 5.88. The molecule has 0 unspecified atom stereocenters. The lowest BCUT2D eigenvalue weighted by Crippen LogP contribution is -2.60. The van der Waals surface area contributed by atoms with Crippen molar-refractivity contribution in [2.75, 3.05) is 33.4 Å². The first-order valence-electron chi connectivity index (χ1n) is 7.78. The number of hydrogen-bond acceptors (Lipinski definition) is 5. The number of hydrogen-bond donors (Lipinski definition) is 0. The minimum Gasteiger partial charge on any atom is -0.481 e. The van der Waals surface area contributed by atoms with E-state index in [4.69, 9.17) is 9.47 Å². The van der Waals surface area contributed by atoms with E-state index >= 15 is 0 Å². The molecule has 6 nitrogen and oxygen atoms in total. The van der Waals surface area contributed by atoms with Crippen molar-refractivity contribution in [2.45, 2.75) is 32.0 Å². The minimum absolute atomic E-state index is 0.139. The molecule has 1 aromatic heterocycles. The maximum atomic E-state index is 11.8. The van der Waals surface area contributed by atoms with Gasteiger partial charge in [-0.2, -0.15) is 0 Å². The van der Waals surface area contributed by atoms with E-state index in [2.05, 4.69) is 9.88 Å². The van der Waals surface area contributed by atoms with Crippen molar-refractivity contribution in [1.82, 2.24) is 14.8 Å². The number of fused-ring (bicyclic) bond motifs is 1. The van der Waals surface area contributed by atoms with Crippen LogP contribution in [0.3, 0.4) is 0 Å². The van der Waals surface area contributed by atoms with Crippen LogP contribution in [0.1, 0.15) is 19.0 Å². The summed E-state index contributed by atoms with van der Waals surface area (Å²) in [5, 5.41) is 0. The highest BCUT2D eigenvalue weighted by molar-refractivity contribution is 5.73. The summed E-state index contributed by atoms with van der Waals surface area (Å²) >= 11 is 0. The first kappa shape index (κ1) is 15.2. The molecule has 3 rings (SSSR count). The predicted molar refractivity (Wildman–Crippen MR) is 81.6 cm³/mol. The van der Waals surface area contributed by atoms with Crippen LogP contribution in [0.25, 0.3) is 0 Å². The van der Waals surface area contributed by atoms with Gasteiger partial charge in [0.15, 0.2) is 0 Å². The van der Waals surface area contributed by atoms with Gasteiger partial charge in [-0.15, -0.1) is 0 Å². The first-order chi connectivity index (χ1) is 10.7. The summed E-state index contributed by atoms with van der Waals surface area (Å²) in [4.78, 5) is 20.6. The molecule has 2 saturated heterocycles. The Morgan fingerprint density at radius 1 is 1.45 bits per heavy atom. The molecule has 2 atom stereocenters. The summed E-state index contributed by atoms with van der Waals surface area (Å²) in [7, 11) is 1.63. The zero-order chi connectivity index (χ0) is 15.5. The van der Waals surface area contributed by atoms with Crippen LogP contribution in [0.15, 0.2) is 18.2 Å². The number of morpholine rings is 1. The van der Waals surface area contributed by atoms with Crippen molar-refractivity contribution in [3.05, 3.63) is 23.9 Å². The van der Waals surface area contributed by atoms with Gasteiger partial charge in [-0.3, -0.25) is 9.69 Å². The standard InChI is InChI=1S/C16H23N3O3/c1-12(20)19-8-9-22-15-6-7-18(11-14(15)19)10-13-4-3-5-16(17-13)21-2/h3-5,14-15H,6-11H2,1-2H3/t14-,15-/m0/s1. The summed E-state index contributed by atoms with van der Waals surface area (Å²) in [6, 6.07) is 5.97. The van der Waals surface area contributed by atoms with Gasteiger partial charge >= 0.3 is 0 Å². The van der Waals surface area contributed by atoms with Crippen LogP contribution in [0.5, 0.6) is 5.88 Å². The lowest BCUT2D eigenvalue weighted by atomic mass is 9.98. The number of carbonyl (C=O) groups is 1. The third-order valence-corrected chi connectivity index (χ3v) is 4.45. The number of carbonyl (C=O) groups excluding carboxylic acids is 1. The molecule has 2 fully saturated rings. The van der Waals surface area contributed by atoms with Crippen molar-refractivity contribution >= 4 is 5.91 Å². The lowest BCUT2D eigenvalue weighted by Gasteiger charge is -2.46. The Kier molecular flexibility index (Phi) is 4.59. The van der Waals surface area contributed by atoms with Crippen LogP contribution >= 0.6 is 0 Å². The van der Waals surface area contributed by atoms with Crippen LogP contribution in [-0.2, 0) is 16.1 Å². The Morgan fingerprint density at radius 3 is 3.09 bits per heavy atom. The van der Waals surface area contributed by atoms with Crippen molar-refractivity contribution < 1.29 is 14.3 Å². The van der Waals surface area contributed by atoms with E-state index in [0.717, 1.165) is 31.7 Å². The Hall–Kier alpha value is -1.66. The van der Waals surface area contributed by atoms with Gasteiger partial charge < -0.3 is 14.4 Å². The summed E-state index contributed by atoms with van der Waals surface area (Å²) in [5.41, 5.74) is 0.990. The van der Waals surface area contributed by atoms with E-state index in [9.17, 15) is 4.79 Å². The molecule has 0 spiro atoms. The highest BCUT2D eigenvalue weighted by Crippen LogP contribution is 2.24. The van der Waals surface area contributed by atoms with Gasteiger partial charge in [0.05, 0.1) is 31.6 Å². The summed E-state index contributed by atoms with van der Waals surface area (Å²) in [6.45, 7) is 5.56. The van der Waals surface area contributed by atoms with E-state index in [0.29, 0.717) is 19.0 Å². The molecule has 0 saturated carbocycles. The Labute approximate surface area is 131 Å². The molecule has 0 aromatic carbocycles. The number of likely N-dealkylation sites (tertiary alicyclic amines) is 1. The van der Waals surface area contributed by atoms with Crippen molar-refractivity contribution in [2.24, 2.45) is 0 Å². The van der Waals surface area contributed by atoms with Crippen molar-refractivity contribution in [1.29, 1.82) is 0 Å². The zero-order valence-corrected chi connectivity index (χ0v) is 13.2. The Balaban J connectivity index is 1.67. The number of nitrogens with zero attached hydrogens (tertiary/aromatic N) is 3. The maximum Gasteiger partial charge on any atom is 0.219 e. The highest BCUT2D eigenvalue weighted by Gasteiger charge is 2.38. The van der Waals surface area contributed by atoms with Crippen LogP contribution in [0, 0.1) is 0 Å². The van der Waals surface area contributed by atoms with Gasteiger partial charge in [0.25, 0.3) is 0 Å². The van der Waals surface area contributed by atoms with Crippen molar-refractivity contribution in [3.8, 4) is 5.88 Å². The number of amides is 1. The molecule has 1 aromatic rings. The normalized spacial score (nSPS) is 25.6. The fourth-order valence-corrected chi connectivity index (χ4v) is 3.36. The number of ether oxygens (including phenoxy) is 2. The van der Waals surface area contributed by atoms with E-state index in [1.165, 1.54) is 0 Å². The molecule has 0 bridgehead atoms. The molecule has 120 valence electrons.